The third-order valence-electron chi connectivity index (χ3n) is 2.15. The van der Waals surface area contributed by atoms with E-state index in [0.29, 0.717) is 5.75 Å². The molecule has 2 nitrogen and oxygen atoms in total. The number of hydrogen-bond donors (Lipinski definition) is 0. The van der Waals surface area contributed by atoms with Gasteiger partial charge < -0.3 is 4.74 Å². The summed E-state index contributed by atoms with van der Waals surface area (Å²) in [5.41, 5.74) is 1.08. The molecule has 2 heteroatoms. The lowest BCUT2D eigenvalue weighted by molar-refractivity contribution is -0.129. The van der Waals surface area contributed by atoms with Crippen LogP contribution in [0.5, 0.6) is 5.75 Å². The Morgan fingerprint density at radius 2 is 2.20 bits per heavy atom. The molecule has 0 saturated heterocycles. The highest BCUT2D eigenvalue weighted by Crippen LogP contribution is 2.20. The Labute approximate surface area is 90.6 Å². The van der Waals surface area contributed by atoms with Crippen LogP contribution in [0.1, 0.15) is 25.3 Å². The Bertz CT molecular complexity index is 342. The summed E-state index contributed by atoms with van der Waals surface area (Å²) in [5, 5.41) is 0. The number of esters is 1. The lowest BCUT2D eigenvalue weighted by atomic mass is 10.1. The van der Waals surface area contributed by atoms with Crippen LogP contribution in [0.25, 0.3) is 0 Å². The molecule has 0 aliphatic carbocycles. The summed E-state index contributed by atoms with van der Waals surface area (Å²) >= 11 is 0. The third-order valence-corrected chi connectivity index (χ3v) is 2.15. The Hall–Kier alpha value is -1.57. The first kappa shape index (κ1) is 11.5. The van der Waals surface area contributed by atoms with Crippen LogP contribution in [-0.4, -0.2) is 5.97 Å². The van der Waals surface area contributed by atoms with Crippen molar-refractivity contribution < 1.29 is 9.53 Å². The zero-order valence-corrected chi connectivity index (χ0v) is 9.03. The van der Waals surface area contributed by atoms with E-state index in [9.17, 15) is 4.79 Å². The van der Waals surface area contributed by atoms with E-state index in [1.165, 1.54) is 6.08 Å². The highest BCUT2D eigenvalue weighted by molar-refractivity contribution is 5.83. The molecule has 80 valence electrons. The molecular weight excluding hydrogens is 188 g/mol. The van der Waals surface area contributed by atoms with E-state index in [1.54, 1.807) is 0 Å². The van der Waals surface area contributed by atoms with Gasteiger partial charge in [0.1, 0.15) is 5.75 Å². The number of benzene rings is 1. The largest absolute Gasteiger partial charge is 0.423 e. The summed E-state index contributed by atoms with van der Waals surface area (Å²) in [6.45, 7) is 5.51. The summed E-state index contributed by atoms with van der Waals surface area (Å²) in [6.07, 6.45) is 4.35. The molecule has 0 atom stereocenters. The van der Waals surface area contributed by atoms with E-state index in [2.05, 4.69) is 13.5 Å². The van der Waals surface area contributed by atoms with E-state index in [0.717, 1.165) is 24.8 Å². The van der Waals surface area contributed by atoms with Gasteiger partial charge in [-0.15, -0.1) is 0 Å². The van der Waals surface area contributed by atoms with Crippen molar-refractivity contribution in [2.24, 2.45) is 0 Å². The fourth-order valence-corrected chi connectivity index (χ4v) is 1.33. The Morgan fingerprint density at radius 3 is 2.87 bits per heavy atom. The van der Waals surface area contributed by atoms with Gasteiger partial charge in [-0.2, -0.15) is 0 Å². The van der Waals surface area contributed by atoms with Crippen molar-refractivity contribution in [2.45, 2.75) is 26.2 Å². The molecule has 15 heavy (non-hydrogen) atoms. The summed E-state index contributed by atoms with van der Waals surface area (Å²) in [7, 11) is 0. The van der Waals surface area contributed by atoms with Gasteiger partial charge in [-0.25, -0.2) is 4.79 Å². The molecule has 1 rings (SSSR count). The van der Waals surface area contributed by atoms with Gasteiger partial charge in [-0.3, -0.25) is 0 Å². The molecule has 0 spiro atoms. The van der Waals surface area contributed by atoms with Gasteiger partial charge >= 0.3 is 5.97 Å². The second-order valence-electron chi connectivity index (χ2n) is 3.34. The standard InChI is InChI=1S/C13H16O2/c1-3-5-8-11-9-6-7-10-12(11)15-13(14)4-2/h4,6-7,9-10H,2-3,5,8H2,1H3. The molecular formula is C13H16O2. The fraction of sp³-hybridized carbons (Fsp3) is 0.308. The van der Waals surface area contributed by atoms with Gasteiger partial charge in [-0.1, -0.05) is 38.1 Å². The zero-order chi connectivity index (χ0) is 11.1. The second-order valence-corrected chi connectivity index (χ2v) is 3.34. The maximum absolute atomic E-state index is 11.1. The summed E-state index contributed by atoms with van der Waals surface area (Å²) < 4.78 is 5.13. The Kier molecular flexibility index (Phi) is 4.61. The molecule has 0 bridgehead atoms. The number of para-hydroxylation sites is 1. The Balaban J connectivity index is 2.76. The predicted molar refractivity (Wildman–Crippen MR) is 60.9 cm³/mol. The molecule has 0 aliphatic heterocycles. The molecule has 1 aromatic rings. The lowest BCUT2D eigenvalue weighted by Gasteiger charge is -2.07. The molecule has 0 fully saturated rings. The van der Waals surface area contributed by atoms with E-state index in [1.807, 2.05) is 24.3 Å². The molecule has 0 amide bonds. The van der Waals surface area contributed by atoms with Crippen molar-refractivity contribution in [1.82, 2.24) is 0 Å². The van der Waals surface area contributed by atoms with Crippen LogP contribution in [0.15, 0.2) is 36.9 Å². The van der Waals surface area contributed by atoms with Crippen LogP contribution < -0.4 is 4.74 Å². The van der Waals surface area contributed by atoms with Gasteiger partial charge in [0.25, 0.3) is 0 Å². The quantitative estimate of drug-likeness (QED) is 0.418. The first-order valence-corrected chi connectivity index (χ1v) is 5.20. The first-order chi connectivity index (χ1) is 7.27. The number of aryl methyl sites for hydroxylation is 1. The number of carbonyl (C=O) groups excluding carboxylic acids is 1. The number of unbranched alkanes of at least 4 members (excludes halogenated alkanes) is 1. The van der Waals surface area contributed by atoms with Crippen molar-refractivity contribution in [3.63, 3.8) is 0 Å². The topological polar surface area (TPSA) is 26.3 Å². The van der Waals surface area contributed by atoms with E-state index in [-0.39, 0.29) is 0 Å². The fourth-order valence-electron chi connectivity index (χ4n) is 1.33. The average molecular weight is 204 g/mol. The van der Waals surface area contributed by atoms with Crippen molar-refractivity contribution in [1.29, 1.82) is 0 Å². The highest BCUT2D eigenvalue weighted by atomic mass is 16.5. The predicted octanol–water partition coefficient (Wildman–Crippen LogP) is 3.12. The van der Waals surface area contributed by atoms with Crippen LogP contribution in [0.4, 0.5) is 0 Å². The molecule has 0 N–H and O–H groups in total. The smallest absolute Gasteiger partial charge is 0.335 e. The number of rotatable bonds is 5. The molecule has 0 aliphatic rings. The highest BCUT2D eigenvalue weighted by Gasteiger charge is 2.05. The van der Waals surface area contributed by atoms with Gasteiger partial charge in [0.15, 0.2) is 0 Å². The normalized spacial score (nSPS) is 9.67. The molecule has 0 heterocycles. The minimum absolute atomic E-state index is 0.404. The zero-order valence-electron chi connectivity index (χ0n) is 9.03. The van der Waals surface area contributed by atoms with Gasteiger partial charge in [0, 0.05) is 6.08 Å². The van der Waals surface area contributed by atoms with Gasteiger partial charge in [-0.05, 0) is 24.5 Å². The minimum atomic E-state index is -0.404. The summed E-state index contributed by atoms with van der Waals surface area (Å²) in [4.78, 5) is 11.1. The lowest BCUT2D eigenvalue weighted by Crippen LogP contribution is -2.05. The second kappa shape index (κ2) is 6.02. The number of carbonyl (C=O) groups is 1. The summed E-state index contributed by atoms with van der Waals surface area (Å²) in [6, 6.07) is 7.62. The van der Waals surface area contributed by atoms with Gasteiger partial charge in [0.2, 0.25) is 0 Å². The molecule has 0 aromatic heterocycles. The first-order valence-electron chi connectivity index (χ1n) is 5.20. The van der Waals surface area contributed by atoms with Crippen LogP contribution in [0.2, 0.25) is 0 Å². The van der Waals surface area contributed by atoms with Crippen molar-refractivity contribution >= 4 is 5.97 Å². The SMILES string of the molecule is C=CC(=O)Oc1ccccc1CCCC. The summed E-state index contributed by atoms with van der Waals surface area (Å²) in [5.74, 6) is 0.245. The van der Waals surface area contributed by atoms with Crippen molar-refractivity contribution in [3.8, 4) is 5.75 Å². The van der Waals surface area contributed by atoms with Crippen LogP contribution in [0, 0.1) is 0 Å². The monoisotopic (exact) mass is 204 g/mol. The Morgan fingerprint density at radius 1 is 1.47 bits per heavy atom. The molecule has 0 unspecified atom stereocenters. The van der Waals surface area contributed by atoms with E-state index >= 15 is 0 Å². The van der Waals surface area contributed by atoms with Crippen LogP contribution in [-0.2, 0) is 11.2 Å². The molecule has 0 radical (unpaired) electrons. The molecule has 0 saturated carbocycles. The minimum Gasteiger partial charge on any atom is -0.423 e. The average Bonchev–Trinajstić information content (AvgIpc) is 2.28. The third kappa shape index (κ3) is 3.58. The van der Waals surface area contributed by atoms with E-state index < -0.39 is 5.97 Å². The van der Waals surface area contributed by atoms with Gasteiger partial charge in [0.05, 0.1) is 0 Å². The maximum atomic E-state index is 11.1. The number of hydrogen-bond acceptors (Lipinski definition) is 2. The molecule has 1 aromatic carbocycles. The maximum Gasteiger partial charge on any atom is 0.335 e. The van der Waals surface area contributed by atoms with Crippen molar-refractivity contribution in [3.05, 3.63) is 42.5 Å². The van der Waals surface area contributed by atoms with E-state index in [4.69, 9.17) is 4.74 Å². The van der Waals surface area contributed by atoms with Crippen molar-refractivity contribution in [2.75, 3.05) is 0 Å². The number of ether oxygens (including phenoxy) is 1. The van der Waals surface area contributed by atoms with Crippen LogP contribution >= 0.6 is 0 Å². The van der Waals surface area contributed by atoms with Crippen LogP contribution in [0.3, 0.4) is 0 Å².